The van der Waals surface area contributed by atoms with E-state index in [0.717, 1.165) is 6.08 Å². The van der Waals surface area contributed by atoms with Crippen molar-refractivity contribution in [2.45, 2.75) is 19.6 Å². The minimum atomic E-state index is -2.98. The maximum absolute atomic E-state index is 12.4. The Morgan fingerprint density at radius 3 is 2.24 bits per heavy atom. The summed E-state index contributed by atoms with van der Waals surface area (Å²) in [5, 5.41) is 0. The highest BCUT2D eigenvalue weighted by molar-refractivity contribution is 6.01. The topological polar surface area (TPSA) is 71.1 Å². The van der Waals surface area contributed by atoms with Gasteiger partial charge in [-0.15, -0.1) is 0 Å². The van der Waals surface area contributed by atoms with Gasteiger partial charge in [0, 0.05) is 11.6 Å². The Bertz CT molecular complexity index is 877. The number of hydrogen-bond acceptors (Lipinski definition) is 6. The highest BCUT2D eigenvalue weighted by Gasteiger charge is 2.18. The number of halogens is 2. The Morgan fingerprint density at radius 1 is 0.966 bits per heavy atom. The summed E-state index contributed by atoms with van der Waals surface area (Å²) in [5.74, 6) is -0.518. The molecule has 0 aliphatic heterocycles. The van der Waals surface area contributed by atoms with Crippen LogP contribution in [-0.2, 0) is 9.53 Å². The molecule has 29 heavy (non-hydrogen) atoms. The Hall–Kier alpha value is -3.42. The number of carbonyl (C=O) groups excluding carboxylic acids is 2. The molecule has 0 aliphatic carbocycles. The standard InChI is InChI=1S/C21H20F2O6/c1-13(20(25)15-6-8-16(26-2)9-7-15)28-19(24)11-5-14-4-10-17(29-21(22)23)18(12-14)27-3/h4-13,21H,1-3H3/b11-5+/t13-/m0/s1. The number of ether oxygens (including phenoxy) is 4. The summed E-state index contributed by atoms with van der Waals surface area (Å²) in [4.78, 5) is 24.3. The highest BCUT2D eigenvalue weighted by atomic mass is 19.3. The second-order valence-corrected chi connectivity index (χ2v) is 5.79. The molecule has 1 atom stereocenters. The van der Waals surface area contributed by atoms with Crippen LogP contribution in [0.25, 0.3) is 6.08 Å². The maximum Gasteiger partial charge on any atom is 0.387 e. The van der Waals surface area contributed by atoms with Crippen LogP contribution < -0.4 is 14.2 Å². The Labute approximate surface area is 166 Å². The summed E-state index contributed by atoms with van der Waals surface area (Å²) in [5.41, 5.74) is 0.879. The second-order valence-electron chi connectivity index (χ2n) is 5.79. The zero-order chi connectivity index (χ0) is 21.4. The number of rotatable bonds is 9. The van der Waals surface area contributed by atoms with Gasteiger partial charge in [-0.05, 0) is 55.0 Å². The van der Waals surface area contributed by atoms with E-state index < -0.39 is 18.7 Å². The molecule has 0 spiro atoms. The molecule has 0 aromatic heterocycles. The molecule has 0 saturated heterocycles. The van der Waals surface area contributed by atoms with Crippen LogP contribution in [-0.4, -0.2) is 38.7 Å². The van der Waals surface area contributed by atoms with Gasteiger partial charge in [-0.1, -0.05) is 6.07 Å². The molecule has 0 unspecified atom stereocenters. The minimum absolute atomic E-state index is 0.0869. The number of hydrogen-bond donors (Lipinski definition) is 0. The third-order valence-corrected chi connectivity index (χ3v) is 3.85. The zero-order valence-electron chi connectivity index (χ0n) is 16.1. The summed E-state index contributed by atoms with van der Waals surface area (Å²) in [7, 11) is 2.82. The molecule has 2 rings (SSSR count). The van der Waals surface area contributed by atoms with Crippen LogP contribution in [0.3, 0.4) is 0 Å². The van der Waals surface area contributed by atoms with Crippen LogP contribution in [0.1, 0.15) is 22.8 Å². The molecule has 0 saturated carbocycles. The summed E-state index contributed by atoms with van der Waals surface area (Å²) >= 11 is 0. The van der Waals surface area contributed by atoms with E-state index in [-0.39, 0.29) is 17.3 Å². The molecule has 0 heterocycles. The molecule has 0 aliphatic rings. The lowest BCUT2D eigenvalue weighted by Gasteiger charge is -2.11. The fourth-order valence-corrected chi connectivity index (χ4v) is 2.40. The number of ketones is 1. The quantitative estimate of drug-likeness (QED) is 0.354. The monoisotopic (exact) mass is 406 g/mol. The van der Waals surface area contributed by atoms with Crippen LogP contribution >= 0.6 is 0 Å². The summed E-state index contributed by atoms with van der Waals surface area (Å²) < 4.78 is 44.2. The normalized spacial score (nSPS) is 11.9. The van der Waals surface area contributed by atoms with Crippen molar-refractivity contribution in [1.82, 2.24) is 0 Å². The lowest BCUT2D eigenvalue weighted by atomic mass is 10.1. The van der Waals surface area contributed by atoms with E-state index in [1.165, 1.54) is 45.4 Å². The van der Waals surface area contributed by atoms with Gasteiger partial charge < -0.3 is 18.9 Å². The van der Waals surface area contributed by atoms with Gasteiger partial charge >= 0.3 is 12.6 Å². The van der Waals surface area contributed by atoms with E-state index in [4.69, 9.17) is 14.2 Å². The van der Waals surface area contributed by atoms with Gasteiger partial charge in [0.1, 0.15) is 5.75 Å². The van der Waals surface area contributed by atoms with E-state index in [9.17, 15) is 18.4 Å². The Balaban J connectivity index is 2.00. The first-order valence-electron chi connectivity index (χ1n) is 8.54. The van der Waals surface area contributed by atoms with E-state index >= 15 is 0 Å². The highest BCUT2D eigenvalue weighted by Crippen LogP contribution is 2.29. The third-order valence-electron chi connectivity index (χ3n) is 3.85. The van der Waals surface area contributed by atoms with Crippen molar-refractivity contribution in [2.75, 3.05) is 14.2 Å². The number of methoxy groups -OCH3 is 2. The Morgan fingerprint density at radius 2 is 1.66 bits per heavy atom. The molecule has 154 valence electrons. The van der Waals surface area contributed by atoms with Crippen molar-refractivity contribution in [1.29, 1.82) is 0 Å². The number of benzene rings is 2. The van der Waals surface area contributed by atoms with Crippen molar-refractivity contribution in [2.24, 2.45) is 0 Å². The maximum atomic E-state index is 12.4. The first-order valence-corrected chi connectivity index (χ1v) is 8.54. The molecule has 6 nitrogen and oxygen atoms in total. The SMILES string of the molecule is COc1ccc(C(=O)[C@H](C)OC(=O)/C=C/c2ccc(OC(F)F)c(OC)c2)cc1. The lowest BCUT2D eigenvalue weighted by Crippen LogP contribution is -2.23. The van der Waals surface area contributed by atoms with E-state index in [0.29, 0.717) is 16.9 Å². The van der Waals surface area contributed by atoms with Gasteiger partial charge in [-0.2, -0.15) is 8.78 Å². The molecular weight excluding hydrogens is 386 g/mol. The second kappa shape index (κ2) is 10.2. The molecule has 0 N–H and O–H groups in total. The van der Waals surface area contributed by atoms with E-state index in [1.54, 1.807) is 24.3 Å². The average Bonchev–Trinajstić information content (AvgIpc) is 2.72. The molecule has 0 radical (unpaired) electrons. The van der Waals surface area contributed by atoms with Crippen molar-refractivity contribution >= 4 is 17.8 Å². The summed E-state index contributed by atoms with van der Waals surface area (Å²) in [6, 6.07) is 10.6. The zero-order valence-corrected chi connectivity index (χ0v) is 16.1. The van der Waals surface area contributed by atoms with E-state index in [1.807, 2.05) is 0 Å². The van der Waals surface area contributed by atoms with Gasteiger partial charge in [0.15, 0.2) is 17.6 Å². The fraction of sp³-hybridized carbons (Fsp3) is 0.238. The van der Waals surface area contributed by atoms with Gasteiger partial charge in [-0.25, -0.2) is 4.79 Å². The first-order chi connectivity index (χ1) is 13.8. The molecule has 0 fully saturated rings. The van der Waals surface area contributed by atoms with Gasteiger partial charge in [0.05, 0.1) is 14.2 Å². The molecule has 2 aromatic rings. The smallest absolute Gasteiger partial charge is 0.387 e. The van der Waals surface area contributed by atoms with Crippen molar-refractivity contribution < 1.29 is 37.3 Å². The largest absolute Gasteiger partial charge is 0.497 e. The van der Waals surface area contributed by atoms with Crippen LogP contribution in [0.5, 0.6) is 17.2 Å². The predicted octanol–water partition coefficient (Wildman–Crippen LogP) is 4.13. The number of esters is 1. The molecule has 8 heteroatoms. The minimum Gasteiger partial charge on any atom is -0.497 e. The summed E-state index contributed by atoms with van der Waals surface area (Å²) in [6.45, 7) is -1.51. The number of alkyl halides is 2. The van der Waals surface area contributed by atoms with Crippen molar-refractivity contribution in [3.05, 3.63) is 59.7 Å². The van der Waals surface area contributed by atoms with Gasteiger partial charge in [-0.3, -0.25) is 4.79 Å². The lowest BCUT2D eigenvalue weighted by molar-refractivity contribution is -0.140. The van der Waals surface area contributed by atoms with Gasteiger partial charge in [0.25, 0.3) is 0 Å². The fourth-order valence-electron chi connectivity index (χ4n) is 2.40. The molecular formula is C21H20F2O6. The summed E-state index contributed by atoms with van der Waals surface area (Å²) in [6.07, 6.45) is 1.54. The van der Waals surface area contributed by atoms with Crippen LogP contribution in [0.2, 0.25) is 0 Å². The molecule has 2 aromatic carbocycles. The average molecular weight is 406 g/mol. The Kier molecular flexibility index (Phi) is 7.70. The third kappa shape index (κ3) is 6.31. The first kappa shape index (κ1) is 21.9. The molecule has 0 bridgehead atoms. The van der Waals surface area contributed by atoms with Crippen molar-refractivity contribution in [3.8, 4) is 17.2 Å². The van der Waals surface area contributed by atoms with E-state index in [2.05, 4.69) is 4.74 Å². The van der Waals surface area contributed by atoms with Crippen LogP contribution in [0, 0.1) is 0 Å². The van der Waals surface area contributed by atoms with Crippen LogP contribution in [0.4, 0.5) is 8.78 Å². The van der Waals surface area contributed by atoms with Crippen LogP contribution in [0.15, 0.2) is 48.5 Å². The molecule has 0 amide bonds. The number of carbonyl (C=O) groups is 2. The van der Waals surface area contributed by atoms with Crippen molar-refractivity contribution in [3.63, 3.8) is 0 Å². The van der Waals surface area contributed by atoms with Gasteiger partial charge in [0.2, 0.25) is 5.78 Å². The predicted molar refractivity (Wildman–Crippen MR) is 102 cm³/mol. The number of Topliss-reactive ketones (excluding diaryl/α,β-unsaturated/α-hetero) is 1.